The molecule has 27 heavy (non-hydrogen) atoms. The zero-order valence-electron chi connectivity index (χ0n) is 16.3. The third-order valence-electron chi connectivity index (χ3n) is 4.98. The SMILES string of the molecule is CCCCc1c(-c2ccccc2N)n(-c2ccccc2)c(=O)n1CCCC. The van der Waals surface area contributed by atoms with E-state index in [1.54, 1.807) is 0 Å². The Morgan fingerprint density at radius 1 is 0.889 bits per heavy atom. The standard InChI is InChI=1S/C23H29N3O/c1-3-5-16-21-22(19-14-10-11-15-20(19)24)26(18-12-8-7-9-13-18)23(27)25(21)17-6-4-2/h7-15H,3-6,16-17,24H2,1-2H3. The largest absolute Gasteiger partial charge is 0.398 e. The summed E-state index contributed by atoms with van der Waals surface area (Å²) in [5, 5.41) is 0. The van der Waals surface area contributed by atoms with Gasteiger partial charge in [0.25, 0.3) is 0 Å². The van der Waals surface area contributed by atoms with Crippen LogP contribution in [0.1, 0.15) is 45.2 Å². The normalized spacial score (nSPS) is 11.0. The minimum atomic E-state index is 0.0269. The van der Waals surface area contributed by atoms with Gasteiger partial charge in [-0.05, 0) is 37.5 Å². The van der Waals surface area contributed by atoms with Gasteiger partial charge >= 0.3 is 5.69 Å². The van der Waals surface area contributed by atoms with Gasteiger partial charge in [-0.2, -0.15) is 0 Å². The highest BCUT2D eigenvalue weighted by molar-refractivity contribution is 5.77. The maximum Gasteiger partial charge on any atom is 0.333 e. The van der Waals surface area contributed by atoms with E-state index in [4.69, 9.17) is 5.73 Å². The number of nitrogens with two attached hydrogens (primary N) is 1. The first-order valence-electron chi connectivity index (χ1n) is 9.93. The predicted octanol–water partition coefficient (Wildman–Crippen LogP) is 5.03. The van der Waals surface area contributed by atoms with Crippen LogP contribution in [0, 0.1) is 0 Å². The van der Waals surface area contributed by atoms with E-state index in [0.717, 1.165) is 61.3 Å². The maximum atomic E-state index is 13.4. The number of unbranched alkanes of at least 4 members (excludes halogenated alkanes) is 2. The average molecular weight is 364 g/mol. The molecule has 0 amide bonds. The van der Waals surface area contributed by atoms with Crippen LogP contribution in [0.5, 0.6) is 0 Å². The van der Waals surface area contributed by atoms with Crippen molar-refractivity contribution >= 4 is 5.69 Å². The van der Waals surface area contributed by atoms with E-state index >= 15 is 0 Å². The van der Waals surface area contributed by atoms with Crippen molar-refractivity contribution in [2.24, 2.45) is 0 Å². The molecule has 0 aliphatic rings. The fourth-order valence-corrected chi connectivity index (χ4v) is 3.54. The molecule has 142 valence electrons. The van der Waals surface area contributed by atoms with Gasteiger partial charge in [-0.25, -0.2) is 4.79 Å². The van der Waals surface area contributed by atoms with Gasteiger partial charge in [-0.3, -0.25) is 9.13 Å². The van der Waals surface area contributed by atoms with Gasteiger partial charge in [0.05, 0.1) is 11.4 Å². The molecule has 0 radical (unpaired) electrons. The number of imidazole rings is 1. The van der Waals surface area contributed by atoms with E-state index in [-0.39, 0.29) is 5.69 Å². The summed E-state index contributed by atoms with van der Waals surface area (Å²) >= 11 is 0. The molecule has 3 aromatic rings. The fraction of sp³-hybridized carbons (Fsp3) is 0.348. The minimum absolute atomic E-state index is 0.0269. The van der Waals surface area contributed by atoms with Crippen LogP contribution in [0.3, 0.4) is 0 Å². The number of hydrogen-bond acceptors (Lipinski definition) is 2. The Kier molecular flexibility index (Phi) is 6.17. The zero-order chi connectivity index (χ0) is 19.2. The number of anilines is 1. The first-order chi connectivity index (χ1) is 13.2. The van der Waals surface area contributed by atoms with Crippen LogP contribution in [-0.4, -0.2) is 9.13 Å². The summed E-state index contributed by atoms with van der Waals surface area (Å²) in [6, 6.07) is 17.7. The second kappa shape index (κ2) is 8.76. The van der Waals surface area contributed by atoms with Crippen LogP contribution in [0.25, 0.3) is 16.9 Å². The molecule has 0 spiro atoms. The number of aromatic nitrogens is 2. The van der Waals surface area contributed by atoms with Crippen LogP contribution in [-0.2, 0) is 13.0 Å². The molecule has 0 atom stereocenters. The van der Waals surface area contributed by atoms with Crippen molar-refractivity contribution in [3.8, 4) is 16.9 Å². The summed E-state index contributed by atoms with van der Waals surface area (Å²) in [4.78, 5) is 13.4. The third kappa shape index (κ3) is 3.85. The molecule has 0 unspecified atom stereocenters. The summed E-state index contributed by atoms with van der Waals surface area (Å²) in [5.41, 5.74) is 10.9. The Balaban J connectivity index is 2.32. The topological polar surface area (TPSA) is 52.9 Å². The summed E-state index contributed by atoms with van der Waals surface area (Å²) in [7, 11) is 0. The summed E-state index contributed by atoms with van der Waals surface area (Å²) < 4.78 is 3.81. The molecule has 0 fully saturated rings. The second-order valence-electron chi connectivity index (χ2n) is 6.94. The first kappa shape index (κ1) is 19.0. The van der Waals surface area contributed by atoms with Crippen molar-refractivity contribution in [2.45, 2.75) is 52.5 Å². The van der Waals surface area contributed by atoms with E-state index in [2.05, 4.69) is 13.8 Å². The Morgan fingerprint density at radius 2 is 1.56 bits per heavy atom. The van der Waals surface area contributed by atoms with Gasteiger partial charge in [-0.15, -0.1) is 0 Å². The molecule has 2 N–H and O–H groups in total. The fourth-order valence-electron chi connectivity index (χ4n) is 3.54. The van der Waals surface area contributed by atoms with Crippen molar-refractivity contribution in [3.05, 3.63) is 70.8 Å². The van der Waals surface area contributed by atoms with Crippen LogP contribution < -0.4 is 11.4 Å². The summed E-state index contributed by atoms with van der Waals surface area (Å²) in [6.45, 7) is 5.08. The van der Waals surface area contributed by atoms with E-state index < -0.39 is 0 Å². The predicted molar refractivity (Wildman–Crippen MR) is 113 cm³/mol. The first-order valence-corrected chi connectivity index (χ1v) is 9.93. The summed E-state index contributed by atoms with van der Waals surface area (Å²) in [5.74, 6) is 0. The molecule has 4 nitrogen and oxygen atoms in total. The Hall–Kier alpha value is -2.75. The molecule has 1 heterocycles. The van der Waals surface area contributed by atoms with Crippen LogP contribution >= 0.6 is 0 Å². The molecular weight excluding hydrogens is 334 g/mol. The van der Waals surface area contributed by atoms with E-state index in [1.165, 1.54) is 0 Å². The Bertz CT molecular complexity index is 938. The van der Waals surface area contributed by atoms with Crippen molar-refractivity contribution in [3.63, 3.8) is 0 Å². The lowest BCUT2D eigenvalue weighted by molar-refractivity contribution is 0.580. The van der Waals surface area contributed by atoms with Gasteiger partial charge in [0.1, 0.15) is 0 Å². The molecule has 2 aromatic carbocycles. The van der Waals surface area contributed by atoms with Gasteiger partial charge in [0.2, 0.25) is 0 Å². The molecular formula is C23H29N3O. The lowest BCUT2D eigenvalue weighted by atomic mass is 10.0. The Labute approximate surface area is 161 Å². The number of nitrogens with zero attached hydrogens (tertiary/aromatic N) is 2. The lowest BCUT2D eigenvalue weighted by Crippen LogP contribution is -2.24. The van der Waals surface area contributed by atoms with Crippen LogP contribution in [0.15, 0.2) is 59.4 Å². The molecule has 0 bridgehead atoms. The van der Waals surface area contributed by atoms with Gasteiger partial charge in [-0.1, -0.05) is 63.1 Å². The molecule has 3 rings (SSSR count). The molecule has 0 aliphatic carbocycles. The van der Waals surface area contributed by atoms with Crippen molar-refractivity contribution in [1.29, 1.82) is 0 Å². The second-order valence-corrected chi connectivity index (χ2v) is 6.94. The number of rotatable bonds is 8. The van der Waals surface area contributed by atoms with Crippen molar-refractivity contribution in [2.75, 3.05) is 5.73 Å². The average Bonchev–Trinajstić information content (AvgIpc) is 2.97. The lowest BCUT2D eigenvalue weighted by Gasteiger charge is -2.13. The van der Waals surface area contributed by atoms with Crippen LogP contribution in [0.4, 0.5) is 5.69 Å². The maximum absolute atomic E-state index is 13.4. The highest BCUT2D eigenvalue weighted by atomic mass is 16.1. The quantitative estimate of drug-likeness (QED) is 0.571. The summed E-state index contributed by atoms with van der Waals surface area (Å²) in [6.07, 6.45) is 5.05. The van der Waals surface area contributed by atoms with E-state index in [0.29, 0.717) is 5.69 Å². The monoisotopic (exact) mass is 363 g/mol. The molecule has 0 aliphatic heterocycles. The number of nitrogen functional groups attached to an aromatic ring is 1. The highest BCUT2D eigenvalue weighted by Crippen LogP contribution is 2.31. The molecule has 0 saturated heterocycles. The minimum Gasteiger partial charge on any atom is -0.398 e. The van der Waals surface area contributed by atoms with Crippen molar-refractivity contribution in [1.82, 2.24) is 9.13 Å². The highest BCUT2D eigenvalue weighted by Gasteiger charge is 2.22. The van der Waals surface area contributed by atoms with Gasteiger partial charge < -0.3 is 5.73 Å². The van der Waals surface area contributed by atoms with E-state index in [9.17, 15) is 4.79 Å². The number of hydrogen-bond donors (Lipinski definition) is 1. The van der Waals surface area contributed by atoms with Crippen molar-refractivity contribution < 1.29 is 0 Å². The number of para-hydroxylation sites is 2. The van der Waals surface area contributed by atoms with Gasteiger partial charge in [0.15, 0.2) is 0 Å². The Morgan fingerprint density at radius 3 is 2.22 bits per heavy atom. The number of benzene rings is 2. The molecule has 4 heteroatoms. The van der Waals surface area contributed by atoms with Gasteiger partial charge in [0, 0.05) is 23.5 Å². The van der Waals surface area contributed by atoms with E-state index in [1.807, 2.05) is 63.7 Å². The molecule has 1 aromatic heterocycles. The molecule has 0 saturated carbocycles. The van der Waals surface area contributed by atoms with Crippen LogP contribution in [0.2, 0.25) is 0 Å². The zero-order valence-corrected chi connectivity index (χ0v) is 16.3. The smallest absolute Gasteiger partial charge is 0.333 e. The third-order valence-corrected chi connectivity index (χ3v) is 4.98.